The largest absolute Gasteiger partial charge is 0.481 e. The molecule has 1 saturated heterocycles. The standard InChI is InChI=1S/C18H21Cl2NO4/c19-14-5-4-11(9-15(14)20)16-10-21(6-7-25-16)17(22)12-2-1-3-13(8-12)18(23)24/h4-5,9,12-13,16H,1-3,6-8,10H2,(H,23,24). The zero-order valence-electron chi connectivity index (χ0n) is 13.8. The fourth-order valence-electron chi connectivity index (χ4n) is 3.66. The Balaban J connectivity index is 1.67. The van der Waals surface area contributed by atoms with Gasteiger partial charge in [0.25, 0.3) is 0 Å². The minimum Gasteiger partial charge on any atom is -0.481 e. The average Bonchev–Trinajstić information content (AvgIpc) is 2.63. The second-order valence-electron chi connectivity index (χ2n) is 6.72. The molecule has 1 heterocycles. The third-order valence-corrected chi connectivity index (χ3v) is 5.81. The Labute approximate surface area is 156 Å². The van der Waals surface area contributed by atoms with E-state index < -0.39 is 11.9 Å². The van der Waals surface area contributed by atoms with Crippen LogP contribution in [0.3, 0.4) is 0 Å². The van der Waals surface area contributed by atoms with Crippen molar-refractivity contribution in [1.82, 2.24) is 4.90 Å². The molecule has 0 aromatic heterocycles. The van der Waals surface area contributed by atoms with E-state index in [1.807, 2.05) is 6.07 Å². The number of halogens is 2. The Bertz CT molecular complexity index is 666. The Morgan fingerprint density at radius 1 is 1.16 bits per heavy atom. The molecule has 1 amide bonds. The average molecular weight is 386 g/mol. The maximum Gasteiger partial charge on any atom is 0.306 e. The third kappa shape index (κ3) is 4.27. The first-order valence-electron chi connectivity index (χ1n) is 8.54. The molecule has 0 radical (unpaired) electrons. The summed E-state index contributed by atoms with van der Waals surface area (Å²) in [4.78, 5) is 25.9. The number of aliphatic carboxylic acids is 1. The van der Waals surface area contributed by atoms with E-state index in [-0.39, 0.29) is 17.9 Å². The summed E-state index contributed by atoms with van der Waals surface area (Å²) in [5.41, 5.74) is 0.888. The molecular formula is C18H21Cl2NO4. The molecular weight excluding hydrogens is 365 g/mol. The minimum absolute atomic E-state index is 0.0410. The summed E-state index contributed by atoms with van der Waals surface area (Å²) in [5, 5.41) is 10.2. The van der Waals surface area contributed by atoms with Crippen molar-refractivity contribution >= 4 is 35.1 Å². The molecule has 1 aromatic carbocycles. The highest BCUT2D eigenvalue weighted by Crippen LogP contribution is 2.33. The number of hydrogen-bond acceptors (Lipinski definition) is 3. The van der Waals surface area contributed by atoms with Gasteiger partial charge in [0.05, 0.1) is 29.1 Å². The fourth-order valence-corrected chi connectivity index (χ4v) is 3.97. The van der Waals surface area contributed by atoms with E-state index in [1.54, 1.807) is 17.0 Å². The van der Waals surface area contributed by atoms with Crippen LogP contribution in [0.25, 0.3) is 0 Å². The van der Waals surface area contributed by atoms with Gasteiger partial charge in [-0.05, 0) is 37.0 Å². The van der Waals surface area contributed by atoms with Gasteiger partial charge in [-0.3, -0.25) is 9.59 Å². The molecule has 136 valence electrons. The number of carbonyl (C=O) groups is 2. The predicted molar refractivity (Wildman–Crippen MR) is 94.8 cm³/mol. The molecule has 1 aromatic rings. The lowest BCUT2D eigenvalue weighted by molar-refractivity contribution is -0.148. The van der Waals surface area contributed by atoms with Crippen molar-refractivity contribution in [3.8, 4) is 0 Å². The molecule has 3 atom stereocenters. The molecule has 2 fully saturated rings. The lowest BCUT2D eigenvalue weighted by atomic mass is 9.80. The van der Waals surface area contributed by atoms with Gasteiger partial charge < -0.3 is 14.7 Å². The van der Waals surface area contributed by atoms with Crippen molar-refractivity contribution < 1.29 is 19.4 Å². The van der Waals surface area contributed by atoms with Crippen LogP contribution >= 0.6 is 23.2 Å². The Kier molecular flexibility index (Phi) is 5.87. The number of hydrogen-bond donors (Lipinski definition) is 1. The molecule has 1 N–H and O–H groups in total. The number of ether oxygens (including phenoxy) is 1. The van der Waals surface area contributed by atoms with E-state index in [9.17, 15) is 14.7 Å². The summed E-state index contributed by atoms with van der Waals surface area (Å²) in [6.07, 6.45) is 2.40. The van der Waals surface area contributed by atoms with Gasteiger partial charge in [-0.15, -0.1) is 0 Å². The van der Waals surface area contributed by atoms with Crippen LogP contribution in [0.4, 0.5) is 0 Å². The van der Waals surface area contributed by atoms with Crippen LogP contribution in [0.2, 0.25) is 10.0 Å². The SMILES string of the molecule is O=C(O)C1CCCC(C(=O)N2CCOC(c3ccc(Cl)c(Cl)c3)C2)C1. The molecule has 0 bridgehead atoms. The molecule has 1 aliphatic heterocycles. The van der Waals surface area contributed by atoms with E-state index in [0.717, 1.165) is 18.4 Å². The second kappa shape index (κ2) is 7.94. The smallest absolute Gasteiger partial charge is 0.306 e. The number of carbonyl (C=O) groups excluding carboxylic acids is 1. The van der Waals surface area contributed by atoms with E-state index in [0.29, 0.717) is 42.6 Å². The predicted octanol–water partition coefficient (Wildman–Crippen LogP) is 3.78. The second-order valence-corrected chi connectivity index (χ2v) is 7.53. The number of rotatable bonds is 3. The molecule has 7 heteroatoms. The lowest BCUT2D eigenvalue weighted by Crippen LogP contribution is -2.46. The molecule has 0 spiro atoms. The maximum atomic E-state index is 12.8. The van der Waals surface area contributed by atoms with E-state index in [4.69, 9.17) is 27.9 Å². The summed E-state index contributed by atoms with van der Waals surface area (Å²) in [6.45, 7) is 1.43. The van der Waals surface area contributed by atoms with Gasteiger partial charge in [-0.1, -0.05) is 35.7 Å². The summed E-state index contributed by atoms with van der Waals surface area (Å²) >= 11 is 12.0. The molecule has 5 nitrogen and oxygen atoms in total. The molecule has 2 aliphatic rings. The number of benzene rings is 1. The van der Waals surface area contributed by atoms with E-state index in [2.05, 4.69) is 0 Å². The van der Waals surface area contributed by atoms with Crippen molar-refractivity contribution in [1.29, 1.82) is 0 Å². The van der Waals surface area contributed by atoms with Crippen molar-refractivity contribution in [2.24, 2.45) is 11.8 Å². The number of amides is 1. The topological polar surface area (TPSA) is 66.8 Å². The molecule has 25 heavy (non-hydrogen) atoms. The summed E-state index contributed by atoms with van der Waals surface area (Å²) in [5.74, 6) is -1.37. The van der Waals surface area contributed by atoms with Crippen molar-refractivity contribution in [2.45, 2.75) is 31.8 Å². The van der Waals surface area contributed by atoms with Crippen LogP contribution < -0.4 is 0 Å². The van der Waals surface area contributed by atoms with Crippen LogP contribution in [0.15, 0.2) is 18.2 Å². The monoisotopic (exact) mass is 385 g/mol. The lowest BCUT2D eigenvalue weighted by Gasteiger charge is -2.37. The van der Waals surface area contributed by atoms with Crippen LogP contribution in [-0.4, -0.2) is 41.6 Å². The summed E-state index contributed by atoms with van der Waals surface area (Å²) in [7, 11) is 0. The minimum atomic E-state index is -0.798. The van der Waals surface area contributed by atoms with E-state index in [1.165, 1.54) is 0 Å². The first-order chi connectivity index (χ1) is 12.0. The summed E-state index contributed by atoms with van der Waals surface area (Å²) < 4.78 is 5.80. The van der Waals surface area contributed by atoms with Crippen LogP contribution in [0.1, 0.15) is 37.4 Å². The quantitative estimate of drug-likeness (QED) is 0.859. The highest BCUT2D eigenvalue weighted by atomic mass is 35.5. The van der Waals surface area contributed by atoms with Gasteiger partial charge in [-0.2, -0.15) is 0 Å². The third-order valence-electron chi connectivity index (χ3n) is 5.07. The van der Waals surface area contributed by atoms with Gasteiger partial charge >= 0.3 is 5.97 Å². The van der Waals surface area contributed by atoms with Crippen LogP contribution in [0, 0.1) is 11.8 Å². The van der Waals surface area contributed by atoms with E-state index >= 15 is 0 Å². The number of nitrogens with zero attached hydrogens (tertiary/aromatic N) is 1. The highest BCUT2D eigenvalue weighted by molar-refractivity contribution is 6.42. The summed E-state index contributed by atoms with van der Waals surface area (Å²) in [6, 6.07) is 5.35. The van der Waals surface area contributed by atoms with Crippen molar-refractivity contribution in [2.75, 3.05) is 19.7 Å². The molecule has 1 saturated carbocycles. The zero-order chi connectivity index (χ0) is 18.0. The van der Waals surface area contributed by atoms with Gasteiger partial charge in [0.1, 0.15) is 6.10 Å². The first-order valence-corrected chi connectivity index (χ1v) is 9.29. The Hall–Kier alpha value is -1.30. The van der Waals surface area contributed by atoms with Gasteiger partial charge in [-0.25, -0.2) is 0 Å². The van der Waals surface area contributed by atoms with Gasteiger partial charge in [0.15, 0.2) is 0 Å². The maximum absolute atomic E-state index is 12.8. The number of carboxylic acid groups (broad SMARTS) is 1. The first kappa shape index (κ1) is 18.5. The molecule has 3 unspecified atom stereocenters. The number of morpholine rings is 1. The number of carboxylic acids is 1. The van der Waals surface area contributed by atoms with Crippen molar-refractivity contribution in [3.63, 3.8) is 0 Å². The Morgan fingerprint density at radius 2 is 1.92 bits per heavy atom. The van der Waals surface area contributed by atoms with Gasteiger partial charge in [0, 0.05) is 12.5 Å². The molecule has 1 aliphatic carbocycles. The van der Waals surface area contributed by atoms with Gasteiger partial charge in [0.2, 0.25) is 5.91 Å². The Morgan fingerprint density at radius 3 is 2.64 bits per heavy atom. The fraction of sp³-hybridized carbons (Fsp3) is 0.556. The molecule has 3 rings (SSSR count). The normalized spacial score (nSPS) is 27.1. The van der Waals surface area contributed by atoms with Crippen LogP contribution in [-0.2, 0) is 14.3 Å². The van der Waals surface area contributed by atoms with Crippen molar-refractivity contribution in [3.05, 3.63) is 33.8 Å². The zero-order valence-corrected chi connectivity index (χ0v) is 15.3. The highest BCUT2D eigenvalue weighted by Gasteiger charge is 2.35. The van der Waals surface area contributed by atoms with Crippen LogP contribution in [0.5, 0.6) is 0 Å².